The molecule has 2 aliphatic rings. The van der Waals surface area contributed by atoms with Crippen LogP contribution >= 0.6 is 0 Å². The number of nitrogens with one attached hydrogen (secondary N) is 2. The van der Waals surface area contributed by atoms with E-state index in [9.17, 15) is 9.59 Å². The number of carbonyl (C=O) groups excluding carboxylic acids is 2. The van der Waals surface area contributed by atoms with Crippen molar-refractivity contribution in [1.29, 1.82) is 0 Å². The Bertz CT molecular complexity index is 295. The molecule has 2 heterocycles. The van der Waals surface area contributed by atoms with Crippen molar-refractivity contribution >= 4 is 11.8 Å². The first kappa shape index (κ1) is 13.3. The quantitative estimate of drug-likeness (QED) is 0.748. The molecule has 2 aliphatic heterocycles. The number of rotatable bonds is 4. The molecule has 0 aromatic carbocycles. The minimum Gasteiger partial charge on any atom is -0.355 e. The Morgan fingerprint density at radius 1 is 1.22 bits per heavy atom. The first-order chi connectivity index (χ1) is 8.77. The molecule has 0 aliphatic carbocycles. The molecule has 0 aromatic heterocycles. The van der Waals surface area contributed by atoms with Crippen LogP contribution in [0.4, 0.5) is 0 Å². The molecule has 102 valence electrons. The molecule has 0 saturated carbocycles. The van der Waals surface area contributed by atoms with Crippen LogP contribution in [0.5, 0.6) is 0 Å². The second-order valence-electron chi connectivity index (χ2n) is 5.17. The normalized spacial score (nSPS) is 24.0. The van der Waals surface area contributed by atoms with Gasteiger partial charge in [-0.2, -0.15) is 0 Å². The van der Waals surface area contributed by atoms with Crippen molar-refractivity contribution in [2.45, 2.75) is 32.1 Å². The Morgan fingerprint density at radius 2 is 2.00 bits per heavy atom. The number of carbonyl (C=O) groups is 2. The zero-order valence-corrected chi connectivity index (χ0v) is 10.9. The molecule has 2 rings (SSSR count). The molecule has 2 fully saturated rings. The fraction of sp³-hybridized carbons (Fsp3) is 0.846. The van der Waals surface area contributed by atoms with E-state index in [0.29, 0.717) is 13.0 Å². The van der Waals surface area contributed by atoms with Crippen LogP contribution in [0.2, 0.25) is 0 Å². The summed E-state index contributed by atoms with van der Waals surface area (Å²) in [5.41, 5.74) is 0. The maximum absolute atomic E-state index is 11.8. The van der Waals surface area contributed by atoms with Crippen molar-refractivity contribution < 1.29 is 9.59 Å². The summed E-state index contributed by atoms with van der Waals surface area (Å²) in [4.78, 5) is 25.5. The number of likely N-dealkylation sites (tertiary alicyclic amines) is 1. The minimum absolute atomic E-state index is 0.0839. The van der Waals surface area contributed by atoms with E-state index in [1.54, 1.807) is 0 Å². The van der Waals surface area contributed by atoms with E-state index in [4.69, 9.17) is 0 Å². The molecule has 2 amide bonds. The highest BCUT2D eigenvalue weighted by Crippen LogP contribution is 2.10. The second kappa shape index (κ2) is 6.73. The third-order valence-corrected chi connectivity index (χ3v) is 3.76. The van der Waals surface area contributed by atoms with Gasteiger partial charge in [-0.3, -0.25) is 9.59 Å². The van der Waals surface area contributed by atoms with Gasteiger partial charge in [0, 0.05) is 32.6 Å². The maximum atomic E-state index is 11.8. The van der Waals surface area contributed by atoms with Crippen molar-refractivity contribution in [3.05, 3.63) is 0 Å². The molecular weight excluding hydrogens is 230 g/mol. The summed E-state index contributed by atoms with van der Waals surface area (Å²) in [5.74, 6) is 0.353. The van der Waals surface area contributed by atoms with Crippen LogP contribution in [0.25, 0.3) is 0 Å². The molecule has 5 heteroatoms. The highest BCUT2D eigenvalue weighted by atomic mass is 16.2. The minimum atomic E-state index is 0.0839. The summed E-state index contributed by atoms with van der Waals surface area (Å²) in [6.07, 6.45) is 4.69. The fourth-order valence-corrected chi connectivity index (χ4v) is 2.64. The van der Waals surface area contributed by atoms with Gasteiger partial charge in [0.1, 0.15) is 0 Å². The summed E-state index contributed by atoms with van der Waals surface area (Å²) >= 11 is 0. The van der Waals surface area contributed by atoms with Gasteiger partial charge in [-0.05, 0) is 32.2 Å². The lowest BCUT2D eigenvalue weighted by atomic mass is 9.99. The predicted octanol–water partition coefficient (Wildman–Crippen LogP) is 0.115. The molecular formula is C13H23N3O2. The van der Waals surface area contributed by atoms with Gasteiger partial charge in [0.15, 0.2) is 0 Å². The van der Waals surface area contributed by atoms with E-state index in [0.717, 1.165) is 51.9 Å². The van der Waals surface area contributed by atoms with Gasteiger partial charge in [-0.25, -0.2) is 0 Å². The molecule has 5 nitrogen and oxygen atoms in total. The molecule has 0 bridgehead atoms. The number of nitrogens with zero attached hydrogens (tertiary/aromatic N) is 1. The van der Waals surface area contributed by atoms with Gasteiger partial charge < -0.3 is 15.5 Å². The zero-order valence-electron chi connectivity index (χ0n) is 10.9. The molecule has 2 N–H and O–H groups in total. The van der Waals surface area contributed by atoms with Gasteiger partial charge in [-0.15, -0.1) is 0 Å². The Labute approximate surface area is 108 Å². The van der Waals surface area contributed by atoms with E-state index >= 15 is 0 Å². The summed E-state index contributed by atoms with van der Waals surface area (Å²) in [7, 11) is 0. The van der Waals surface area contributed by atoms with Crippen LogP contribution in [0, 0.1) is 5.92 Å². The van der Waals surface area contributed by atoms with Crippen molar-refractivity contribution in [1.82, 2.24) is 15.5 Å². The van der Waals surface area contributed by atoms with Crippen molar-refractivity contribution in [3.63, 3.8) is 0 Å². The number of piperidine rings is 1. The van der Waals surface area contributed by atoms with Gasteiger partial charge in [0.05, 0.1) is 5.92 Å². The molecule has 0 unspecified atom stereocenters. The Hall–Kier alpha value is -1.10. The average molecular weight is 253 g/mol. The third kappa shape index (κ3) is 3.70. The lowest BCUT2D eigenvalue weighted by Gasteiger charge is -2.22. The average Bonchev–Trinajstić information content (AvgIpc) is 2.93. The number of hydrogen-bond donors (Lipinski definition) is 2. The Kier molecular flexibility index (Phi) is 4.99. The third-order valence-electron chi connectivity index (χ3n) is 3.76. The van der Waals surface area contributed by atoms with Crippen LogP contribution in [0.3, 0.4) is 0 Å². The van der Waals surface area contributed by atoms with Gasteiger partial charge >= 0.3 is 0 Å². The Balaban J connectivity index is 1.62. The molecule has 1 atom stereocenters. The standard InChI is InChI=1S/C13H23N3O2/c17-12(16-8-1-2-9-16)5-7-15-13(18)11-4-3-6-14-10-11/h11,14H,1-10H2,(H,15,18)/t11-/m0/s1. The Morgan fingerprint density at radius 3 is 2.67 bits per heavy atom. The zero-order chi connectivity index (χ0) is 12.8. The molecule has 0 spiro atoms. The second-order valence-corrected chi connectivity index (χ2v) is 5.17. The first-order valence-electron chi connectivity index (χ1n) is 7.03. The van der Waals surface area contributed by atoms with Gasteiger partial charge in [0.25, 0.3) is 0 Å². The lowest BCUT2D eigenvalue weighted by molar-refractivity contribution is -0.130. The first-order valence-corrected chi connectivity index (χ1v) is 7.03. The number of hydrogen-bond acceptors (Lipinski definition) is 3. The maximum Gasteiger partial charge on any atom is 0.224 e. The van der Waals surface area contributed by atoms with E-state index in [1.165, 1.54) is 0 Å². The lowest BCUT2D eigenvalue weighted by Crippen LogP contribution is -2.41. The van der Waals surface area contributed by atoms with Gasteiger partial charge in [-0.1, -0.05) is 0 Å². The van der Waals surface area contributed by atoms with Crippen LogP contribution < -0.4 is 10.6 Å². The van der Waals surface area contributed by atoms with E-state index < -0.39 is 0 Å². The summed E-state index contributed by atoms with van der Waals surface area (Å²) in [5, 5.41) is 6.10. The van der Waals surface area contributed by atoms with Crippen LogP contribution in [-0.4, -0.2) is 49.4 Å². The van der Waals surface area contributed by atoms with E-state index in [2.05, 4.69) is 10.6 Å². The predicted molar refractivity (Wildman–Crippen MR) is 69.0 cm³/mol. The topological polar surface area (TPSA) is 61.4 Å². The summed E-state index contributed by atoms with van der Waals surface area (Å²) in [6, 6.07) is 0. The van der Waals surface area contributed by atoms with Gasteiger partial charge in [0.2, 0.25) is 11.8 Å². The highest BCUT2D eigenvalue weighted by Gasteiger charge is 2.21. The molecule has 0 aromatic rings. The van der Waals surface area contributed by atoms with Crippen LogP contribution in [0.1, 0.15) is 32.1 Å². The monoisotopic (exact) mass is 253 g/mol. The number of amides is 2. The van der Waals surface area contributed by atoms with Crippen LogP contribution in [0.15, 0.2) is 0 Å². The molecule has 0 radical (unpaired) electrons. The smallest absolute Gasteiger partial charge is 0.224 e. The van der Waals surface area contributed by atoms with E-state index in [1.807, 2.05) is 4.90 Å². The highest BCUT2D eigenvalue weighted by molar-refractivity contribution is 5.80. The molecule has 18 heavy (non-hydrogen) atoms. The largest absolute Gasteiger partial charge is 0.355 e. The summed E-state index contributed by atoms with van der Waals surface area (Å²) < 4.78 is 0. The van der Waals surface area contributed by atoms with Crippen LogP contribution in [-0.2, 0) is 9.59 Å². The van der Waals surface area contributed by atoms with Crippen molar-refractivity contribution in [2.75, 3.05) is 32.7 Å². The molecule has 2 saturated heterocycles. The van der Waals surface area contributed by atoms with Crippen molar-refractivity contribution in [2.24, 2.45) is 5.92 Å². The van der Waals surface area contributed by atoms with E-state index in [-0.39, 0.29) is 17.7 Å². The van der Waals surface area contributed by atoms with Crippen molar-refractivity contribution in [3.8, 4) is 0 Å². The fourth-order valence-electron chi connectivity index (χ4n) is 2.64. The summed E-state index contributed by atoms with van der Waals surface area (Å²) in [6.45, 7) is 4.03. The SMILES string of the molecule is O=C(NCCC(=O)N1CCCC1)[C@H]1CCCNC1.